The van der Waals surface area contributed by atoms with Gasteiger partial charge in [-0.1, -0.05) is 39.8 Å². The van der Waals surface area contributed by atoms with E-state index in [4.69, 9.17) is 4.74 Å². The number of hydrogen-bond donors (Lipinski definition) is 2. The number of hydrogen-bond acceptors (Lipinski definition) is 7. The van der Waals surface area contributed by atoms with Crippen molar-refractivity contribution in [2.75, 3.05) is 11.6 Å². The summed E-state index contributed by atoms with van der Waals surface area (Å²) >= 11 is 4.89. The molecule has 0 fully saturated rings. The maximum absolute atomic E-state index is 9.79. The molecule has 1 aliphatic rings. The molecule has 0 aliphatic carbocycles. The quantitative estimate of drug-likeness (QED) is 0.604. The topological polar surface area (TPSA) is 80.2 Å². The molecule has 3 aromatic rings. The van der Waals surface area contributed by atoms with E-state index in [-0.39, 0.29) is 5.75 Å². The number of benzene rings is 2. The van der Waals surface area contributed by atoms with Crippen molar-refractivity contribution >= 4 is 33.4 Å². The van der Waals surface area contributed by atoms with E-state index in [1.165, 1.54) is 11.8 Å². The first-order valence-corrected chi connectivity index (χ1v) is 9.46. The van der Waals surface area contributed by atoms with Gasteiger partial charge in [0.15, 0.2) is 11.9 Å². The van der Waals surface area contributed by atoms with Gasteiger partial charge in [0.25, 0.3) is 0 Å². The van der Waals surface area contributed by atoms with Crippen LogP contribution in [0.4, 0.5) is 5.69 Å². The zero-order chi connectivity index (χ0) is 17.4. The van der Waals surface area contributed by atoms with E-state index < -0.39 is 6.23 Å². The number of anilines is 1. The van der Waals surface area contributed by atoms with Gasteiger partial charge in [0.1, 0.15) is 5.75 Å². The molecule has 1 aromatic heterocycles. The summed E-state index contributed by atoms with van der Waals surface area (Å²) in [6.45, 7) is 0. The van der Waals surface area contributed by atoms with Crippen LogP contribution in [0.25, 0.3) is 11.3 Å². The molecule has 0 unspecified atom stereocenters. The van der Waals surface area contributed by atoms with Gasteiger partial charge in [-0.15, -0.1) is 10.2 Å². The predicted molar refractivity (Wildman–Crippen MR) is 99.8 cm³/mol. The lowest BCUT2D eigenvalue weighted by Crippen LogP contribution is -2.17. The molecular weight excluding hydrogens is 404 g/mol. The van der Waals surface area contributed by atoms with Gasteiger partial charge in [0, 0.05) is 21.3 Å². The molecule has 126 valence electrons. The summed E-state index contributed by atoms with van der Waals surface area (Å²) in [5, 5.41) is 22.1. The van der Waals surface area contributed by atoms with Crippen LogP contribution in [-0.2, 0) is 0 Å². The van der Waals surface area contributed by atoms with Crippen molar-refractivity contribution in [3.05, 3.63) is 52.5 Å². The maximum atomic E-state index is 9.79. The largest absolute Gasteiger partial charge is 0.508 e. The van der Waals surface area contributed by atoms with Crippen molar-refractivity contribution in [3.8, 4) is 22.9 Å². The molecule has 0 saturated heterocycles. The standard InChI is InChI=1S/C17H13BrN4O2S/c1-25-17-20-16-14(21-22-17)12-8-10(18)5-6-13(12)19-15(24-16)9-3-2-4-11(23)7-9/h2-8,15,19,23H,1H3/t15-/m1/s1. The average Bonchev–Trinajstić information content (AvgIpc) is 2.77. The number of thioether (sulfide) groups is 1. The van der Waals surface area contributed by atoms with E-state index in [1.807, 2.05) is 30.5 Å². The van der Waals surface area contributed by atoms with Crippen LogP contribution in [0, 0.1) is 0 Å². The Kier molecular flexibility index (Phi) is 4.22. The Bertz CT molecular complexity index is 954. The number of nitrogens with one attached hydrogen (secondary N) is 1. The molecule has 0 radical (unpaired) electrons. The summed E-state index contributed by atoms with van der Waals surface area (Å²) in [6, 6.07) is 12.8. The third-order valence-corrected chi connectivity index (χ3v) is 4.77. The number of halogens is 1. The zero-order valence-electron chi connectivity index (χ0n) is 13.1. The van der Waals surface area contributed by atoms with Gasteiger partial charge in [-0.2, -0.15) is 4.98 Å². The third-order valence-electron chi connectivity index (χ3n) is 3.74. The highest BCUT2D eigenvalue weighted by Crippen LogP contribution is 2.40. The van der Waals surface area contributed by atoms with Crippen LogP contribution in [0.1, 0.15) is 11.8 Å². The summed E-state index contributed by atoms with van der Waals surface area (Å²) in [5.41, 5.74) is 3.05. The van der Waals surface area contributed by atoms with E-state index >= 15 is 0 Å². The summed E-state index contributed by atoms with van der Waals surface area (Å²) in [7, 11) is 0. The van der Waals surface area contributed by atoms with E-state index in [0.29, 0.717) is 16.7 Å². The monoisotopic (exact) mass is 416 g/mol. The van der Waals surface area contributed by atoms with Crippen LogP contribution in [-0.4, -0.2) is 26.5 Å². The Hall–Kier alpha value is -2.32. The summed E-state index contributed by atoms with van der Waals surface area (Å²) in [5.74, 6) is 0.575. The van der Waals surface area contributed by atoms with E-state index in [1.54, 1.807) is 18.2 Å². The van der Waals surface area contributed by atoms with Crippen molar-refractivity contribution in [1.29, 1.82) is 0 Å². The van der Waals surface area contributed by atoms with Crippen LogP contribution in [0.15, 0.2) is 52.1 Å². The van der Waals surface area contributed by atoms with Gasteiger partial charge in [-0.25, -0.2) is 0 Å². The first-order chi connectivity index (χ1) is 12.1. The van der Waals surface area contributed by atoms with Crippen LogP contribution in [0.5, 0.6) is 11.6 Å². The average molecular weight is 417 g/mol. The predicted octanol–water partition coefficient (Wildman–Crippen LogP) is 4.23. The minimum absolute atomic E-state index is 0.175. The number of rotatable bonds is 2. The first-order valence-electron chi connectivity index (χ1n) is 7.45. The normalized spacial score (nSPS) is 15.4. The van der Waals surface area contributed by atoms with Crippen LogP contribution in [0.2, 0.25) is 0 Å². The molecule has 0 amide bonds. The van der Waals surface area contributed by atoms with E-state index in [0.717, 1.165) is 21.3 Å². The minimum Gasteiger partial charge on any atom is -0.508 e. The molecule has 2 heterocycles. The number of phenols is 1. The Balaban J connectivity index is 1.88. The van der Waals surface area contributed by atoms with Crippen molar-refractivity contribution in [3.63, 3.8) is 0 Å². The Labute approximate surface area is 156 Å². The van der Waals surface area contributed by atoms with Gasteiger partial charge in [0.05, 0.1) is 0 Å². The summed E-state index contributed by atoms with van der Waals surface area (Å²) in [4.78, 5) is 4.47. The number of nitrogens with zero attached hydrogens (tertiary/aromatic N) is 3. The first kappa shape index (κ1) is 16.2. The Morgan fingerprint density at radius 3 is 2.88 bits per heavy atom. The Morgan fingerprint density at radius 1 is 1.20 bits per heavy atom. The van der Waals surface area contributed by atoms with Crippen LogP contribution >= 0.6 is 27.7 Å². The fraction of sp³-hybridized carbons (Fsp3) is 0.118. The molecular formula is C17H13BrN4O2S. The SMILES string of the molecule is CSc1nnc2c(n1)O[C@H](c1cccc(O)c1)Nc1ccc(Br)cc1-2. The molecule has 0 spiro atoms. The smallest absolute Gasteiger partial charge is 0.247 e. The number of ether oxygens (including phenoxy) is 1. The molecule has 0 saturated carbocycles. The van der Waals surface area contributed by atoms with Crippen molar-refractivity contribution in [2.24, 2.45) is 0 Å². The maximum Gasteiger partial charge on any atom is 0.247 e. The molecule has 1 atom stereocenters. The number of aromatic hydroxyl groups is 1. The van der Waals surface area contributed by atoms with Gasteiger partial charge >= 0.3 is 0 Å². The van der Waals surface area contributed by atoms with Gasteiger partial charge in [-0.05, 0) is 36.6 Å². The fourth-order valence-electron chi connectivity index (χ4n) is 2.60. The van der Waals surface area contributed by atoms with Crippen molar-refractivity contribution in [2.45, 2.75) is 11.4 Å². The molecule has 6 nitrogen and oxygen atoms in total. The number of aromatic nitrogens is 3. The highest BCUT2D eigenvalue weighted by molar-refractivity contribution is 9.10. The lowest BCUT2D eigenvalue weighted by molar-refractivity contribution is 0.225. The van der Waals surface area contributed by atoms with E-state index in [2.05, 4.69) is 36.4 Å². The summed E-state index contributed by atoms with van der Waals surface area (Å²) in [6.07, 6.45) is 1.37. The molecule has 2 aromatic carbocycles. The van der Waals surface area contributed by atoms with Gasteiger partial charge < -0.3 is 15.2 Å². The lowest BCUT2D eigenvalue weighted by atomic mass is 10.1. The number of fused-ring (bicyclic) bond motifs is 3. The van der Waals surface area contributed by atoms with Crippen molar-refractivity contribution in [1.82, 2.24) is 15.2 Å². The summed E-state index contributed by atoms with van der Waals surface area (Å²) < 4.78 is 7.02. The highest BCUT2D eigenvalue weighted by Gasteiger charge is 2.26. The Morgan fingerprint density at radius 2 is 2.08 bits per heavy atom. The molecule has 1 aliphatic heterocycles. The highest BCUT2D eigenvalue weighted by atomic mass is 79.9. The second kappa shape index (κ2) is 6.53. The third kappa shape index (κ3) is 3.14. The fourth-order valence-corrected chi connectivity index (χ4v) is 3.25. The van der Waals surface area contributed by atoms with Gasteiger partial charge in [0.2, 0.25) is 11.0 Å². The molecule has 8 heteroatoms. The second-order valence-corrected chi connectivity index (χ2v) is 7.07. The molecule has 2 N–H and O–H groups in total. The zero-order valence-corrected chi connectivity index (χ0v) is 15.5. The van der Waals surface area contributed by atoms with Crippen LogP contribution in [0.3, 0.4) is 0 Å². The van der Waals surface area contributed by atoms with Gasteiger partial charge in [-0.3, -0.25) is 0 Å². The molecule has 4 rings (SSSR count). The van der Waals surface area contributed by atoms with Crippen molar-refractivity contribution < 1.29 is 9.84 Å². The molecule has 0 bridgehead atoms. The second-order valence-electron chi connectivity index (χ2n) is 5.38. The lowest BCUT2D eigenvalue weighted by Gasteiger charge is -2.19. The van der Waals surface area contributed by atoms with E-state index in [9.17, 15) is 5.11 Å². The van der Waals surface area contributed by atoms with Crippen LogP contribution < -0.4 is 10.1 Å². The molecule has 25 heavy (non-hydrogen) atoms. The minimum atomic E-state index is -0.514. The number of phenolic OH excluding ortho intramolecular Hbond substituents is 1.